The van der Waals surface area contributed by atoms with Crippen LogP contribution in [0.2, 0.25) is 0 Å². The maximum absolute atomic E-state index is 13.9. The molecule has 8 heteroatoms. The van der Waals surface area contributed by atoms with Crippen molar-refractivity contribution < 1.29 is 9.72 Å². The van der Waals surface area contributed by atoms with Crippen molar-refractivity contribution in [1.82, 2.24) is 9.47 Å². The average Bonchev–Trinajstić information content (AvgIpc) is 3.46. The standard InChI is InChI=1S/C31H34N4O3S/c36-30-29(39-31(32-24-9-3-1-4-10-24)34(30)25-11-5-2-6-12-25)19-23-21-33(28-14-8-7-13-27(23)28)20-22-15-17-26(18-16-22)35(37)38/h7-8,13-19,21,24-25H,1-6,9-12,20H2. The Hall–Kier alpha value is -3.39. The van der Waals surface area contributed by atoms with Crippen LogP contribution in [0.4, 0.5) is 5.69 Å². The molecule has 6 rings (SSSR count). The Balaban J connectivity index is 1.33. The second kappa shape index (κ2) is 11.4. The van der Waals surface area contributed by atoms with E-state index >= 15 is 0 Å². The number of carbonyl (C=O) groups excluding carboxylic acids is 1. The van der Waals surface area contributed by atoms with Crippen molar-refractivity contribution in [3.8, 4) is 0 Å². The zero-order chi connectivity index (χ0) is 26.8. The first-order valence-corrected chi connectivity index (χ1v) is 15.0. The second-order valence-corrected chi connectivity index (χ2v) is 11.9. The molecule has 0 bridgehead atoms. The lowest BCUT2D eigenvalue weighted by molar-refractivity contribution is -0.384. The van der Waals surface area contributed by atoms with Gasteiger partial charge < -0.3 is 4.57 Å². The van der Waals surface area contributed by atoms with Gasteiger partial charge in [-0.3, -0.25) is 24.8 Å². The zero-order valence-electron chi connectivity index (χ0n) is 22.1. The SMILES string of the molecule is O=C1C(=Cc2cn(Cc3ccc([N+](=O)[O-])cc3)c3ccccc23)SC(=NC2CCCCC2)N1C1CCCCC1. The van der Waals surface area contributed by atoms with Gasteiger partial charge >= 0.3 is 0 Å². The number of aliphatic imine (C=N–C) groups is 1. The lowest BCUT2D eigenvalue weighted by Gasteiger charge is -2.31. The van der Waals surface area contributed by atoms with Gasteiger partial charge in [-0.15, -0.1) is 0 Å². The van der Waals surface area contributed by atoms with Crippen LogP contribution < -0.4 is 0 Å². The Labute approximate surface area is 233 Å². The number of para-hydroxylation sites is 1. The van der Waals surface area contributed by atoms with Crippen LogP contribution in [0.25, 0.3) is 17.0 Å². The van der Waals surface area contributed by atoms with Gasteiger partial charge in [0.25, 0.3) is 11.6 Å². The van der Waals surface area contributed by atoms with Gasteiger partial charge in [-0.25, -0.2) is 0 Å². The summed E-state index contributed by atoms with van der Waals surface area (Å²) in [7, 11) is 0. The number of rotatable bonds is 6. The summed E-state index contributed by atoms with van der Waals surface area (Å²) < 4.78 is 2.16. The fourth-order valence-electron chi connectivity index (χ4n) is 6.19. The quantitative estimate of drug-likeness (QED) is 0.183. The highest BCUT2D eigenvalue weighted by molar-refractivity contribution is 8.18. The zero-order valence-corrected chi connectivity index (χ0v) is 22.9. The number of hydrogen-bond acceptors (Lipinski definition) is 5. The summed E-state index contributed by atoms with van der Waals surface area (Å²) in [5, 5.41) is 13.0. The number of non-ortho nitro benzene ring substituents is 1. The number of amides is 1. The molecular formula is C31H34N4O3S. The van der Waals surface area contributed by atoms with Crippen molar-refractivity contribution in [2.24, 2.45) is 4.99 Å². The Kier molecular flexibility index (Phi) is 7.55. The first-order valence-electron chi connectivity index (χ1n) is 14.2. The van der Waals surface area contributed by atoms with E-state index in [9.17, 15) is 14.9 Å². The molecule has 0 spiro atoms. The summed E-state index contributed by atoms with van der Waals surface area (Å²) in [5.41, 5.74) is 3.15. The molecule has 2 heterocycles. The third-order valence-corrected chi connectivity index (χ3v) is 9.25. The van der Waals surface area contributed by atoms with E-state index in [4.69, 9.17) is 4.99 Å². The molecule has 1 aliphatic heterocycles. The van der Waals surface area contributed by atoms with Crippen LogP contribution in [0.3, 0.4) is 0 Å². The molecule has 3 fully saturated rings. The lowest BCUT2D eigenvalue weighted by Crippen LogP contribution is -2.41. The van der Waals surface area contributed by atoms with Crippen LogP contribution >= 0.6 is 11.8 Å². The van der Waals surface area contributed by atoms with E-state index in [2.05, 4.69) is 22.9 Å². The number of nitro groups is 1. The minimum absolute atomic E-state index is 0.0894. The molecule has 2 aliphatic carbocycles. The van der Waals surface area contributed by atoms with Crippen molar-refractivity contribution in [2.75, 3.05) is 0 Å². The van der Waals surface area contributed by atoms with Gasteiger partial charge in [-0.2, -0.15) is 0 Å². The number of amidine groups is 1. The molecule has 0 radical (unpaired) electrons. The molecule has 1 amide bonds. The largest absolute Gasteiger partial charge is 0.342 e. The van der Waals surface area contributed by atoms with E-state index < -0.39 is 0 Å². The molecule has 202 valence electrons. The number of fused-ring (bicyclic) bond motifs is 1. The van der Waals surface area contributed by atoms with Crippen molar-refractivity contribution in [3.05, 3.63) is 80.9 Å². The van der Waals surface area contributed by atoms with E-state index in [1.165, 1.54) is 38.5 Å². The molecule has 2 saturated carbocycles. The Morgan fingerprint density at radius 1 is 0.949 bits per heavy atom. The molecule has 3 aliphatic rings. The minimum atomic E-state index is -0.377. The van der Waals surface area contributed by atoms with Gasteiger partial charge in [0.15, 0.2) is 5.17 Å². The smallest absolute Gasteiger partial charge is 0.269 e. The van der Waals surface area contributed by atoms with Gasteiger partial charge in [0.1, 0.15) is 0 Å². The fourth-order valence-corrected chi connectivity index (χ4v) is 7.29. The molecule has 7 nitrogen and oxygen atoms in total. The van der Waals surface area contributed by atoms with Gasteiger partial charge in [0.2, 0.25) is 0 Å². The third kappa shape index (κ3) is 5.53. The highest BCUT2D eigenvalue weighted by Gasteiger charge is 2.39. The van der Waals surface area contributed by atoms with E-state index in [1.807, 2.05) is 23.1 Å². The number of carbonyl (C=O) groups is 1. The first-order chi connectivity index (χ1) is 19.1. The number of thioether (sulfide) groups is 1. The number of benzene rings is 2. The van der Waals surface area contributed by atoms with E-state index in [1.54, 1.807) is 36.0 Å². The molecule has 39 heavy (non-hydrogen) atoms. The number of hydrogen-bond donors (Lipinski definition) is 0. The van der Waals surface area contributed by atoms with Gasteiger partial charge in [-0.1, -0.05) is 68.9 Å². The van der Waals surface area contributed by atoms with Crippen LogP contribution in [0, 0.1) is 10.1 Å². The third-order valence-electron chi connectivity index (χ3n) is 8.25. The Bertz CT molecular complexity index is 1430. The molecule has 0 N–H and O–H groups in total. The van der Waals surface area contributed by atoms with Crippen LogP contribution in [0.15, 0.2) is 64.6 Å². The van der Waals surface area contributed by atoms with Gasteiger partial charge in [0.05, 0.1) is 15.9 Å². The molecule has 0 atom stereocenters. The van der Waals surface area contributed by atoms with Crippen LogP contribution in [0.1, 0.15) is 75.3 Å². The lowest BCUT2D eigenvalue weighted by atomic mass is 9.94. The highest BCUT2D eigenvalue weighted by atomic mass is 32.2. The van der Waals surface area contributed by atoms with E-state index in [-0.39, 0.29) is 22.6 Å². The number of nitrogens with zero attached hydrogens (tertiary/aromatic N) is 4. The summed E-state index contributed by atoms with van der Waals surface area (Å²) in [6.07, 6.45) is 15.8. The molecule has 3 aromatic rings. The van der Waals surface area contributed by atoms with Crippen LogP contribution in [-0.4, -0.2) is 37.5 Å². The molecule has 1 aromatic heterocycles. The Morgan fingerprint density at radius 3 is 2.36 bits per heavy atom. The minimum Gasteiger partial charge on any atom is -0.342 e. The summed E-state index contributed by atoms with van der Waals surface area (Å²) >= 11 is 1.55. The monoisotopic (exact) mass is 542 g/mol. The Morgan fingerprint density at radius 2 is 1.64 bits per heavy atom. The second-order valence-electron chi connectivity index (χ2n) is 10.9. The van der Waals surface area contributed by atoms with Gasteiger partial charge in [-0.05, 0) is 55.2 Å². The maximum Gasteiger partial charge on any atom is 0.269 e. The van der Waals surface area contributed by atoms with Crippen LogP contribution in [0.5, 0.6) is 0 Å². The van der Waals surface area contributed by atoms with Crippen LogP contribution in [-0.2, 0) is 11.3 Å². The first kappa shape index (κ1) is 25.9. The topological polar surface area (TPSA) is 80.7 Å². The number of aromatic nitrogens is 1. The molecule has 0 unspecified atom stereocenters. The summed E-state index contributed by atoms with van der Waals surface area (Å²) in [6, 6.07) is 15.5. The van der Waals surface area contributed by atoms with Crippen molar-refractivity contribution >= 4 is 45.5 Å². The van der Waals surface area contributed by atoms with E-state index in [0.29, 0.717) is 12.6 Å². The summed E-state index contributed by atoms with van der Waals surface area (Å²) in [5.74, 6) is 0.0914. The van der Waals surface area contributed by atoms with Gasteiger partial charge in [0, 0.05) is 47.4 Å². The van der Waals surface area contributed by atoms with Crippen molar-refractivity contribution in [2.45, 2.75) is 82.8 Å². The predicted molar refractivity (Wildman–Crippen MR) is 158 cm³/mol. The highest BCUT2D eigenvalue weighted by Crippen LogP contribution is 2.39. The number of nitro benzene ring substituents is 1. The summed E-state index contributed by atoms with van der Waals surface area (Å²) in [4.78, 5) is 32.5. The molecule has 2 aromatic carbocycles. The molecular weight excluding hydrogens is 508 g/mol. The summed E-state index contributed by atoms with van der Waals surface area (Å²) in [6.45, 7) is 0.589. The molecule has 1 saturated heterocycles. The average molecular weight is 543 g/mol. The maximum atomic E-state index is 13.9. The van der Waals surface area contributed by atoms with Crippen molar-refractivity contribution in [1.29, 1.82) is 0 Å². The predicted octanol–water partition coefficient (Wildman–Crippen LogP) is 7.54. The fraction of sp³-hybridized carbons (Fsp3) is 0.419. The van der Waals surface area contributed by atoms with Crippen molar-refractivity contribution in [3.63, 3.8) is 0 Å². The van der Waals surface area contributed by atoms with E-state index in [0.717, 1.165) is 57.8 Å². The normalized spacial score (nSPS) is 21.4.